The molecular formula is C24H17ClN6O4S. The van der Waals surface area contributed by atoms with Crippen LogP contribution in [-0.2, 0) is 4.79 Å². The molecule has 0 fully saturated rings. The van der Waals surface area contributed by atoms with Crippen molar-refractivity contribution in [3.8, 4) is 11.4 Å². The lowest BCUT2D eigenvalue weighted by molar-refractivity contribution is -0.384. The van der Waals surface area contributed by atoms with Gasteiger partial charge in [0.05, 0.1) is 21.2 Å². The zero-order valence-electron chi connectivity index (χ0n) is 18.7. The molecule has 2 aromatic carbocycles. The summed E-state index contributed by atoms with van der Waals surface area (Å²) in [7, 11) is 0. The van der Waals surface area contributed by atoms with E-state index in [1.54, 1.807) is 22.9 Å². The van der Waals surface area contributed by atoms with Crippen LogP contribution in [0.25, 0.3) is 11.8 Å². The number of hydrogen-bond acceptors (Lipinski definition) is 7. The molecule has 0 atom stereocenters. The van der Waals surface area contributed by atoms with E-state index in [4.69, 9.17) is 21.7 Å². The Kier molecular flexibility index (Phi) is 6.17. The van der Waals surface area contributed by atoms with Gasteiger partial charge in [-0.3, -0.25) is 20.3 Å². The fourth-order valence-electron chi connectivity index (χ4n) is 3.63. The number of aromatic nitrogens is 1. The smallest absolute Gasteiger partial charge is 0.283 e. The molecule has 3 heterocycles. The molecule has 0 saturated carbocycles. The third-order valence-electron chi connectivity index (χ3n) is 5.42. The van der Waals surface area contributed by atoms with Gasteiger partial charge >= 0.3 is 0 Å². The second kappa shape index (κ2) is 9.44. The number of benzene rings is 2. The summed E-state index contributed by atoms with van der Waals surface area (Å²) in [6.45, 7) is 2.12. The molecule has 0 spiro atoms. The van der Waals surface area contributed by atoms with Crippen LogP contribution in [0.3, 0.4) is 0 Å². The second-order valence-corrected chi connectivity index (χ2v) is 9.21. The maximum atomic E-state index is 12.8. The molecule has 180 valence electrons. The minimum Gasteiger partial charge on any atom is -0.486 e. The Morgan fingerprint density at radius 2 is 2.03 bits per heavy atom. The Morgan fingerprint density at radius 3 is 2.78 bits per heavy atom. The van der Waals surface area contributed by atoms with E-state index < -0.39 is 10.8 Å². The van der Waals surface area contributed by atoms with Crippen LogP contribution >= 0.6 is 23.4 Å². The average molecular weight is 521 g/mol. The number of nitro benzene ring substituents is 1. The summed E-state index contributed by atoms with van der Waals surface area (Å²) < 4.78 is 7.51. The van der Waals surface area contributed by atoms with Crippen molar-refractivity contribution < 1.29 is 14.5 Å². The number of aliphatic imine (C=N–C) groups is 1. The molecule has 10 nitrogen and oxygen atoms in total. The summed E-state index contributed by atoms with van der Waals surface area (Å²) in [6, 6.07) is 15.2. The van der Waals surface area contributed by atoms with Gasteiger partial charge in [0.1, 0.15) is 17.4 Å². The number of hydrogen-bond donors (Lipinski definition) is 1. The summed E-state index contributed by atoms with van der Waals surface area (Å²) >= 11 is 7.47. The maximum absolute atomic E-state index is 12.8. The number of para-hydroxylation sites is 1. The van der Waals surface area contributed by atoms with Crippen LogP contribution in [0.1, 0.15) is 11.3 Å². The van der Waals surface area contributed by atoms with Crippen LogP contribution in [-0.4, -0.2) is 43.1 Å². The quantitative estimate of drug-likeness (QED) is 0.275. The van der Waals surface area contributed by atoms with Gasteiger partial charge in [-0.05, 0) is 54.6 Å². The predicted molar refractivity (Wildman–Crippen MR) is 139 cm³/mol. The molecule has 2 aliphatic rings. The molecule has 12 heteroatoms. The first-order valence-electron chi connectivity index (χ1n) is 10.6. The summed E-state index contributed by atoms with van der Waals surface area (Å²) in [5.41, 5.74) is 1.93. The highest BCUT2D eigenvalue weighted by molar-refractivity contribution is 8.27. The number of rotatable bonds is 6. The Morgan fingerprint density at radius 1 is 1.22 bits per heavy atom. The third-order valence-corrected chi connectivity index (χ3v) is 6.60. The highest BCUT2D eigenvalue weighted by Gasteiger charge is 2.36. The summed E-state index contributed by atoms with van der Waals surface area (Å²) in [4.78, 5) is 27.4. The van der Waals surface area contributed by atoms with E-state index in [0.29, 0.717) is 21.6 Å². The number of carbonyl (C=O) groups is 1. The molecule has 3 aromatic rings. The number of thioether (sulfide) groups is 1. The normalized spacial score (nSPS) is 16.2. The number of nitrogens with zero attached hydrogens (tertiary/aromatic N) is 5. The van der Waals surface area contributed by atoms with E-state index in [1.165, 1.54) is 41.0 Å². The van der Waals surface area contributed by atoms with E-state index >= 15 is 0 Å². The van der Waals surface area contributed by atoms with E-state index in [0.717, 1.165) is 11.3 Å². The first-order valence-corrected chi connectivity index (χ1v) is 11.8. The average Bonchev–Trinajstić information content (AvgIpc) is 3.48. The van der Waals surface area contributed by atoms with Crippen molar-refractivity contribution in [2.75, 3.05) is 6.61 Å². The number of amides is 1. The third kappa shape index (κ3) is 4.41. The fourth-order valence-corrected chi connectivity index (χ4v) is 4.70. The molecule has 0 unspecified atom stereocenters. The van der Waals surface area contributed by atoms with Gasteiger partial charge in [-0.2, -0.15) is 15.1 Å². The molecule has 0 bridgehead atoms. The van der Waals surface area contributed by atoms with Gasteiger partial charge in [0, 0.05) is 24.0 Å². The zero-order chi connectivity index (χ0) is 25.4. The van der Waals surface area contributed by atoms with Crippen molar-refractivity contribution in [2.45, 2.75) is 6.92 Å². The largest absolute Gasteiger partial charge is 0.486 e. The van der Waals surface area contributed by atoms with Crippen molar-refractivity contribution in [2.24, 2.45) is 10.1 Å². The van der Waals surface area contributed by atoms with Crippen LogP contribution in [0.15, 0.2) is 76.5 Å². The van der Waals surface area contributed by atoms with Crippen LogP contribution in [0.2, 0.25) is 5.02 Å². The Balaban J connectivity index is 1.40. The van der Waals surface area contributed by atoms with Gasteiger partial charge in [0.2, 0.25) is 5.17 Å². The summed E-state index contributed by atoms with van der Waals surface area (Å²) in [5.74, 6) is 0.0357. The van der Waals surface area contributed by atoms with Crippen molar-refractivity contribution in [3.63, 3.8) is 0 Å². The SMILES string of the molecule is Cc1ccccc1OCC1=NN2C(=N)/C(=C/c3cccn3-c3ccc([N+](=O)[O-])cc3Cl)C(=O)N=C2S1. The van der Waals surface area contributed by atoms with Gasteiger partial charge < -0.3 is 9.30 Å². The van der Waals surface area contributed by atoms with Crippen LogP contribution in [0, 0.1) is 22.4 Å². The maximum Gasteiger partial charge on any atom is 0.283 e. The summed E-state index contributed by atoms with van der Waals surface area (Å²) in [5, 5.41) is 26.4. The van der Waals surface area contributed by atoms with Crippen LogP contribution in [0.4, 0.5) is 5.69 Å². The molecule has 0 saturated heterocycles. The number of carbonyl (C=O) groups excluding carboxylic acids is 1. The number of ether oxygens (including phenoxy) is 1. The molecule has 0 aliphatic carbocycles. The number of hydrazone groups is 1. The van der Waals surface area contributed by atoms with E-state index in [9.17, 15) is 14.9 Å². The Bertz CT molecular complexity index is 1530. The number of halogens is 1. The number of aryl methyl sites for hydroxylation is 1. The van der Waals surface area contributed by atoms with Crippen molar-refractivity contribution in [3.05, 3.63) is 92.8 Å². The second-order valence-electron chi connectivity index (χ2n) is 7.76. The minimum atomic E-state index is -0.572. The van der Waals surface area contributed by atoms with Gasteiger partial charge in [-0.1, -0.05) is 29.8 Å². The van der Waals surface area contributed by atoms with Crippen molar-refractivity contribution in [1.82, 2.24) is 9.58 Å². The van der Waals surface area contributed by atoms with Gasteiger partial charge in [-0.25, -0.2) is 0 Å². The molecule has 5 rings (SSSR count). The predicted octanol–water partition coefficient (Wildman–Crippen LogP) is 5.05. The number of nitro groups is 1. The van der Waals surface area contributed by atoms with Crippen molar-refractivity contribution in [1.29, 1.82) is 5.41 Å². The topological polar surface area (TPSA) is 126 Å². The number of amidine groups is 2. The molecule has 36 heavy (non-hydrogen) atoms. The monoisotopic (exact) mass is 520 g/mol. The fraction of sp³-hybridized carbons (Fsp3) is 0.0833. The van der Waals surface area contributed by atoms with E-state index in [-0.39, 0.29) is 28.7 Å². The lowest BCUT2D eigenvalue weighted by atomic mass is 10.1. The van der Waals surface area contributed by atoms with Gasteiger partial charge in [-0.15, -0.1) is 0 Å². The highest BCUT2D eigenvalue weighted by atomic mass is 35.5. The molecule has 1 aromatic heterocycles. The first kappa shape index (κ1) is 23.5. The summed E-state index contributed by atoms with van der Waals surface area (Å²) in [6.07, 6.45) is 3.22. The highest BCUT2D eigenvalue weighted by Crippen LogP contribution is 2.31. The molecular weight excluding hydrogens is 504 g/mol. The number of non-ortho nitro benzene ring substituents is 1. The Labute approximate surface area is 214 Å². The standard InChI is InChI=1S/C24H17ClN6O4S/c1-14-5-2-3-7-20(14)35-13-21-28-30-22(26)17(23(32)27-24(30)36-21)11-15-6-4-10-29(15)19-9-8-16(31(33)34)12-18(19)25/h2-12,26H,13H2,1H3/b17-11-,26-22?. The van der Waals surface area contributed by atoms with Crippen molar-refractivity contribution >= 4 is 57.1 Å². The van der Waals surface area contributed by atoms with Crippen LogP contribution in [0.5, 0.6) is 5.75 Å². The zero-order valence-corrected chi connectivity index (χ0v) is 20.3. The lowest BCUT2D eigenvalue weighted by Gasteiger charge is -2.20. The molecule has 1 N–H and O–H groups in total. The van der Waals surface area contributed by atoms with Gasteiger partial charge in [0.25, 0.3) is 11.6 Å². The molecule has 0 radical (unpaired) electrons. The van der Waals surface area contributed by atoms with E-state index in [2.05, 4.69) is 10.1 Å². The minimum absolute atomic E-state index is 0.0437. The lowest BCUT2D eigenvalue weighted by Crippen LogP contribution is -2.35. The van der Waals surface area contributed by atoms with Crippen LogP contribution < -0.4 is 4.74 Å². The number of fused-ring (bicyclic) bond motifs is 1. The number of nitrogens with one attached hydrogen (secondary N) is 1. The Hall–Kier alpha value is -4.22. The van der Waals surface area contributed by atoms with Gasteiger partial charge in [0.15, 0.2) is 5.84 Å². The first-order chi connectivity index (χ1) is 17.3. The molecule has 2 aliphatic heterocycles. The molecule has 1 amide bonds. The van der Waals surface area contributed by atoms with E-state index in [1.807, 2.05) is 31.2 Å².